The molecule has 150 valence electrons. The highest BCUT2D eigenvalue weighted by Gasteiger charge is 2.23. The van der Waals surface area contributed by atoms with Crippen molar-refractivity contribution in [3.05, 3.63) is 77.5 Å². The van der Waals surface area contributed by atoms with Crippen molar-refractivity contribution in [3.8, 4) is 0 Å². The first-order chi connectivity index (χ1) is 13.8. The van der Waals surface area contributed by atoms with E-state index in [-0.39, 0.29) is 17.7 Å². The number of hydrogen-bond acceptors (Lipinski definition) is 4. The van der Waals surface area contributed by atoms with Gasteiger partial charge < -0.3 is 10.1 Å². The minimum atomic E-state index is -0.816. The molecule has 0 unspecified atom stereocenters. The quantitative estimate of drug-likeness (QED) is 0.668. The summed E-state index contributed by atoms with van der Waals surface area (Å²) in [7, 11) is 1.31. The molecule has 0 fully saturated rings. The van der Waals surface area contributed by atoms with Gasteiger partial charge in [0.05, 0.1) is 12.6 Å². The molecule has 1 heterocycles. The van der Waals surface area contributed by atoms with Crippen molar-refractivity contribution >= 4 is 22.8 Å². The largest absolute Gasteiger partial charge is 0.467 e. The SMILES string of the molecule is COC(=O)[C@@H](Cc1ccc2ccccc2n1)NC(=O)c1ccc(C(C)(C)C)cc1. The smallest absolute Gasteiger partial charge is 0.328 e. The summed E-state index contributed by atoms with van der Waals surface area (Å²) >= 11 is 0. The fraction of sp³-hybridized carbons (Fsp3) is 0.292. The van der Waals surface area contributed by atoms with Crippen LogP contribution in [0.3, 0.4) is 0 Å². The number of carbonyl (C=O) groups excluding carboxylic acids is 2. The molecule has 29 heavy (non-hydrogen) atoms. The second-order valence-electron chi connectivity index (χ2n) is 8.08. The zero-order valence-corrected chi connectivity index (χ0v) is 17.2. The summed E-state index contributed by atoms with van der Waals surface area (Å²) in [6.07, 6.45) is 0.253. The maximum Gasteiger partial charge on any atom is 0.328 e. The molecule has 0 radical (unpaired) electrons. The predicted octanol–water partition coefficient (Wildman–Crippen LogP) is 4.05. The highest BCUT2D eigenvalue weighted by molar-refractivity contribution is 5.96. The number of benzene rings is 2. The Balaban J connectivity index is 1.77. The lowest BCUT2D eigenvalue weighted by Crippen LogP contribution is -2.43. The third kappa shape index (κ3) is 4.99. The molecule has 1 atom stereocenters. The van der Waals surface area contributed by atoms with Crippen molar-refractivity contribution in [1.29, 1.82) is 0 Å². The molecule has 0 saturated heterocycles. The molecule has 1 amide bonds. The van der Waals surface area contributed by atoms with Gasteiger partial charge in [0.1, 0.15) is 6.04 Å². The number of hydrogen-bond donors (Lipinski definition) is 1. The van der Waals surface area contributed by atoms with Gasteiger partial charge in [0.15, 0.2) is 0 Å². The molecule has 1 N–H and O–H groups in total. The number of rotatable bonds is 5. The van der Waals surface area contributed by atoms with E-state index in [9.17, 15) is 9.59 Å². The van der Waals surface area contributed by atoms with E-state index in [0.717, 1.165) is 16.5 Å². The zero-order chi connectivity index (χ0) is 21.0. The number of nitrogens with one attached hydrogen (secondary N) is 1. The molecule has 3 rings (SSSR count). The van der Waals surface area contributed by atoms with Crippen molar-refractivity contribution in [2.75, 3.05) is 7.11 Å². The van der Waals surface area contributed by atoms with Crippen molar-refractivity contribution in [2.24, 2.45) is 0 Å². The molecule has 0 aliphatic heterocycles. The van der Waals surface area contributed by atoms with Crippen LogP contribution in [-0.4, -0.2) is 30.0 Å². The number of pyridine rings is 1. The molecular weight excluding hydrogens is 364 g/mol. The third-order valence-electron chi connectivity index (χ3n) is 4.87. The van der Waals surface area contributed by atoms with Crippen molar-refractivity contribution in [2.45, 2.75) is 38.6 Å². The minimum absolute atomic E-state index is 0.00527. The Morgan fingerprint density at radius 3 is 2.34 bits per heavy atom. The Morgan fingerprint density at radius 1 is 1.00 bits per heavy atom. The number of aromatic nitrogens is 1. The second-order valence-corrected chi connectivity index (χ2v) is 8.08. The van der Waals surface area contributed by atoms with Crippen molar-refractivity contribution in [1.82, 2.24) is 10.3 Å². The summed E-state index contributed by atoms with van der Waals surface area (Å²) in [6, 6.07) is 18.2. The molecule has 0 aliphatic rings. The summed E-state index contributed by atoms with van der Waals surface area (Å²) in [5.41, 5.74) is 3.20. The lowest BCUT2D eigenvalue weighted by molar-refractivity contribution is -0.142. The monoisotopic (exact) mass is 390 g/mol. The highest BCUT2D eigenvalue weighted by Crippen LogP contribution is 2.22. The Labute approximate surface area is 171 Å². The van der Waals surface area contributed by atoms with Crippen LogP contribution in [0.2, 0.25) is 0 Å². The van der Waals surface area contributed by atoms with Crippen LogP contribution in [-0.2, 0) is 21.4 Å². The first-order valence-electron chi connectivity index (χ1n) is 9.62. The van der Waals surface area contributed by atoms with Gasteiger partial charge in [-0.2, -0.15) is 0 Å². The lowest BCUT2D eigenvalue weighted by atomic mass is 9.86. The summed E-state index contributed by atoms with van der Waals surface area (Å²) in [5.74, 6) is -0.818. The van der Waals surface area contributed by atoms with Crippen LogP contribution in [0, 0.1) is 0 Å². The standard InChI is InChI=1S/C24H26N2O3/c1-24(2,3)18-12-9-17(10-13-18)22(27)26-21(23(28)29-4)15-19-14-11-16-7-5-6-8-20(16)25-19/h5-14,21H,15H2,1-4H3,(H,26,27)/t21-/m1/s1. The van der Waals surface area contributed by atoms with Crippen molar-refractivity contribution < 1.29 is 14.3 Å². The Kier molecular flexibility index (Phi) is 5.97. The number of fused-ring (bicyclic) bond motifs is 1. The van der Waals surface area contributed by atoms with Crippen LogP contribution < -0.4 is 5.32 Å². The Bertz CT molecular complexity index is 1020. The normalized spacial score (nSPS) is 12.4. The van der Waals surface area contributed by atoms with Crippen LogP contribution in [0.4, 0.5) is 0 Å². The minimum Gasteiger partial charge on any atom is -0.467 e. The van der Waals surface area contributed by atoms with E-state index in [0.29, 0.717) is 11.3 Å². The van der Waals surface area contributed by atoms with E-state index in [1.165, 1.54) is 7.11 Å². The summed E-state index contributed by atoms with van der Waals surface area (Å²) in [5, 5.41) is 3.81. The first kappa shape index (κ1) is 20.5. The van der Waals surface area contributed by atoms with Gasteiger partial charge in [-0.15, -0.1) is 0 Å². The molecule has 0 spiro atoms. The molecule has 0 bridgehead atoms. The average molecular weight is 390 g/mol. The van der Waals surface area contributed by atoms with E-state index in [2.05, 4.69) is 31.1 Å². The van der Waals surface area contributed by atoms with Gasteiger partial charge in [0.25, 0.3) is 5.91 Å². The lowest BCUT2D eigenvalue weighted by Gasteiger charge is -2.20. The van der Waals surface area contributed by atoms with Crippen LogP contribution in [0.1, 0.15) is 42.4 Å². The van der Waals surface area contributed by atoms with Gasteiger partial charge in [-0.25, -0.2) is 4.79 Å². The van der Waals surface area contributed by atoms with Gasteiger partial charge >= 0.3 is 5.97 Å². The number of amides is 1. The fourth-order valence-corrected chi connectivity index (χ4v) is 3.13. The van der Waals surface area contributed by atoms with Crippen LogP contribution in [0.15, 0.2) is 60.7 Å². The van der Waals surface area contributed by atoms with E-state index >= 15 is 0 Å². The van der Waals surface area contributed by atoms with E-state index in [4.69, 9.17) is 4.74 Å². The highest BCUT2D eigenvalue weighted by atomic mass is 16.5. The predicted molar refractivity (Wildman–Crippen MR) is 114 cm³/mol. The number of carbonyl (C=O) groups is 2. The maximum atomic E-state index is 12.7. The van der Waals surface area contributed by atoms with Crippen LogP contribution in [0.25, 0.3) is 10.9 Å². The zero-order valence-electron chi connectivity index (χ0n) is 17.2. The number of ether oxygens (including phenoxy) is 1. The Morgan fingerprint density at radius 2 is 1.69 bits per heavy atom. The molecule has 5 nitrogen and oxygen atoms in total. The molecular formula is C24H26N2O3. The van der Waals surface area contributed by atoms with Gasteiger partial charge in [-0.1, -0.05) is 57.2 Å². The van der Waals surface area contributed by atoms with Gasteiger partial charge in [-0.3, -0.25) is 9.78 Å². The van der Waals surface area contributed by atoms with E-state index < -0.39 is 12.0 Å². The number of para-hydroxylation sites is 1. The fourth-order valence-electron chi connectivity index (χ4n) is 3.13. The van der Waals surface area contributed by atoms with E-state index in [1.807, 2.05) is 48.5 Å². The summed E-state index contributed by atoms with van der Waals surface area (Å²) < 4.78 is 4.89. The molecule has 0 aliphatic carbocycles. The van der Waals surface area contributed by atoms with Crippen molar-refractivity contribution in [3.63, 3.8) is 0 Å². The molecule has 3 aromatic rings. The molecule has 2 aromatic carbocycles. The number of methoxy groups -OCH3 is 1. The number of esters is 1. The molecule has 0 saturated carbocycles. The van der Waals surface area contributed by atoms with E-state index in [1.54, 1.807) is 12.1 Å². The molecule has 5 heteroatoms. The third-order valence-corrected chi connectivity index (χ3v) is 4.87. The van der Waals surface area contributed by atoms with Gasteiger partial charge in [0, 0.05) is 23.1 Å². The van der Waals surface area contributed by atoms with Crippen LogP contribution in [0.5, 0.6) is 0 Å². The van der Waals surface area contributed by atoms with Crippen LogP contribution >= 0.6 is 0 Å². The molecule has 1 aromatic heterocycles. The van der Waals surface area contributed by atoms with Gasteiger partial charge in [0.2, 0.25) is 0 Å². The van der Waals surface area contributed by atoms with Gasteiger partial charge in [-0.05, 0) is 35.2 Å². The Hall–Kier alpha value is -3.21. The summed E-state index contributed by atoms with van der Waals surface area (Å²) in [6.45, 7) is 6.35. The maximum absolute atomic E-state index is 12.7. The first-order valence-corrected chi connectivity index (χ1v) is 9.62. The summed E-state index contributed by atoms with van der Waals surface area (Å²) in [4.78, 5) is 29.6. The topological polar surface area (TPSA) is 68.3 Å². The second kappa shape index (κ2) is 8.43. The number of nitrogens with zero attached hydrogens (tertiary/aromatic N) is 1. The average Bonchev–Trinajstić information content (AvgIpc) is 2.72.